The van der Waals surface area contributed by atoms with Crippen molar-refractivity contribution in [3.05, 3.63) is 12.2 Å². The number of aliphatic hydroxyl groups is 1. The lowest BCUT2D eigenvalue weighted by Crippen LogP contribution is -2.31. The van der Waals surface area contributed by atoms with E-state index < -0.39 is 0 Å². The standard InChI is InChI=1S/C17H28O/c18-17(9-3-1-4-10-17)11-5-2-6-15-12-14-7-8-16(15)13-14/h7-8,14-16,18H,1-6,9-13H2. The van der Waals surface area contributed by atoms with Crippen LogP contribution < -0.4 is 0 Å². The fourth-order valence-electron chi connectivity index (χ4n) is 4.55. The van der Waals surface area contributed by atoms with Gasteiger partial charge >= 0.3 is 0 Å². The second-order valence-corrected chi connectivity index (χ2v) is 7.07. The molecule has 2 bridgehead atoms. The number of fused-ring (bicyclic) bond motifs is 2. The van der Waals surface area contributed by atoms with Crippen LogP contribution >= 0.6 is 0 Å². The van der Waals surface area contributed by atoms with Gasteiger partial charge in [0.2, 0.25) is 0 Å². The molecule has 1 nitrogen and oxygen atoms in total. The fourth-order valence-corrected chi connectivity index (χ4v) is 4.55. The van der Waals surface area contributed by atoms with Gasteiger partial charge in [0.1, 0.15) is 0 Å². The first kappa shape index (κ1) is 12.7. The van der Waals surface area contributed by atoms with Crippen molar-refractivity contribution in [1.29, 1.82) is 0 Å². The first-order valence-electron chi connectivity index (χ1n) is 8.16. The predicted octanol–water partition coefficient (Wildman–Crippen LogP) is 4.45. The van der Waals surface area contributed by atoms with Crippen molar-refractivity contribution in [3.8, 4) is 0 Å². The van der Waals surface area contributed by atoms with Gasteiger partial charge in [-0.25, -0.2) is 0 Å². The minimum absolute atomic E-state index is 0.285. The largest absolute Gasteiger partial charge is 0.390 e. The Bertz CT molecular complexity index is 301. The zero-order valence-electron chi connectivity index (χ0n) is 11.6. The first-order chi connectivity index (χ1) is 8.75. The molecule has 3 aliphatic carbocycles. The lowest BCUT2D eigenvalue weighted by Gasteiger charge is -2.32. The lowest BCUT2D eigenvalue weighted by molar-refractivity contribution is -0.00612. The highest BCUT2D eigenvalue weighted by molar-refractivity contribution is 5.09. The van der Waals surface area contributed by atoms with E-state index in [-0.39, 0.29) is 5.60 Å². The highest BCUT2D eigenvalue weighted by Crippen LogP contribution is 2.45. The van der Waals surface area contributed by atoms with Gasteiger partial charge < -0.3 is 5.11 Å². The average Bonchev–Trinajstić information content (AvgIpc) is 2.98. The van der Waals surface area contributed by atoms with E-state index in [1.54, 1.807) is 0 Å². The Kier molecular flexibility index (Phi) is 3.79. The maximum absolute atomic E-state index is 10.5. The Hall–Kier alpha value is -0.300. The Morgan fingerprint density at radius 2 is 1.83 bits per heavy atom. The van der Waals surface area contributed by atoms with Gasteiger partial charge in [0.15, 0.2) is 0 Å². The summed E-state index contributed by atoms with van der Waals surface area (Å²) in [5, 5.41) is 10.5. The predicted molar refractivity (Wildman–Crippen MR) is 75.3 cm³/mol. The molecule has 0 aromatic carbocycles. The van der Waals surface area contributed by atoms with E-state index in [0.29, 0.717) is 0 Å². The van der Waals surface area contributed by atoms with Crippen LogP contribution in [0.2, 0.25) is 0 Å². The zero-order chi connectivity index (χ0) is 12.4. The van der Waals surface area contributed by atoms with Gasteiger partial charge in [-0.15, -0.1) is 0 Å². The lowest BCUT2D eigenvalue weighted by atomic mass is 9.80. The molecule has 0 spiro atoms. The number of unbranched alkanes of at least 4 members (excludes halogenated alkanes) is 1. The molecule has 102 valence electrons. The number of rotatable bonds is 5. The van der Waals surface area contributed by atoms with Crippen LogP contribution in [0.5, 0.6) is 0 Å². The van der Waals surface area contributed by atoms with Crippen LogP contribution in [0.1, 0.15) is 70.6 Å². The minimum atomic E-state index is -0.285. The SMILES string of the molecule is OC1(CCCCC2CC3C=CC2C3)CCCCC1. The van der Waals surface area contributed by atoms with Crippen LogP contribution in [-0.2, 0) is 0 Å². The number of hydrogen-bond acceptors (Lipinski definition) is 1. The minimum Gasteiger partial charge on any atom is -0.390 e. The molecule has 3 atom stereocenters. The molecule has 3 aliphatic rings. The van der Waals surface area contributed by atoms with Crippen molar-refractivity contribution >= 4 is 0 Å². The molecule has 0 heterocycles. The van der Waals surface area contributed by atoms with E-state index in [0.717, 1.165) is 37.0 Å². The molecule has 0 aromatic heterocycles. The summed E-state index contributed by atoms with van der Waals surface area (Å²) in [7, 11) is 0. The molecule has 1 N–H and O–H groups in total. The normalized spacial score (nSPS) is 37.3. The molecule has 3 unspecified atom stereocenters. The summed E-state index contributed by atoms with van der Waals surface area (Å²) in [6.07, 6.45) is 18.8. The summed E-state index contributed by atoms with van der Waals surface area (Å²) in [6.45, 7) is 0. The molecule has 18 heavy (non-hydrogen) atoms. The van der Waals surface area contributed by atoms with E-state index >= 15 is 0 Å². The highest BCUT2D eigenvalue weighted by atomic mass is 16.3. The molecule has 3 rings (SSSR count). The molecule has 0 radical (unpaired) electrons. The topological polar surface area (TPSA) is 20.2 Å². The van der Waals surface area contributed by atoms with Crippen LogP contribution in [0.3, 0.4) is 0 Å². The Morgan fingerprint density at radius 3 is 2.50 bits per heavy atom. The first-order valence-corrected chi connectivity index (χ1v) is 8.16. The number of hydrogen-bond donors (Lipinski definition) is 1. The van der Waals surface area contributed by atoms with Gasteiger partial charge in [0.25, 0.3) is 0 Å². The third-order valence-electron chi connectivity index (χ3n) is 5.67. The average molecular weight is 248 g/mol. The van der Waals surface area contributed by atoms with Crippen molar-refractivity contribution < 1.29 is 5.11 Å². The molecule has 2 saturated carbocycles. The molecule has 1 heteroatoms. The van der Waals surface area contributed by atoms with E-state index in [2.05, 4.69) is 12.2 Å². The van der Waals surface area contributed by atoms with Crippen LogP contribution in [0.4, 0.5) is 0 Å². The Morgan fingerprint density at radius 1 is 1.00 bits per heavy atom. The van der Waals surface area contributed by atoms with Gasteiger partial charge in [-0.2, -0.15) is 0 Å². The Labute approximate surface area is 112 Å². The molecule has 0 aromatic rings. The Balaban J connectivity index is 1.34. The van der Waals surface area contributed by atoms with Crippen molar-refractivity contribution in [2.75, 3.05) is 0 Å². The molecule has 0 saturated heterocycles. The number of allylic oxidation sites excluding steroid dienone is 2. The molecule has 2 fully saturated rings. The van der Waals surface area contributed by atoms with E-state index in [4.69, 9.17) is 0 Å². The van der Waals surface area contributed by atoms with Crippen LogP contribution in [0.15, 0.2) is 12.2 Å². The summed E-state index contributed by atoms with van der Waals surface area (Å²) in [6, 6.07) is 0. The summed E-state index contributed by atoms with van der Waals surface area (Å²) in [5.74, 6) is 2.80. The monoisotopic (exact) mass is 248 g/mol. The van der Waals surface area contributed by atoms with Gasteiger partial charge in [-0.3, -0.25) is 0 Å². The summed E-state index contributed by atoms with van der Waals surface area (Å²) >= 11 is 0. The third kappa shape index (κ3) is 2.82. The quantitative estimate of drug-likeness (QED) is 0.563. The molecular weight excluding hydrogens is 220 g/mol. The smallest absolute Gasteiger partial charge is 0.0647 e. The second kappa shape index (κ2) is 5.36. The van der Waals surface area contributed by atoms with Crippen molar-refractivity contribution in [2.45, 2.75) is 76.2 Å². The molecule has 0 amide bonds. The van der Waals surface area contributed by atoms with Crippen LogP contribution in [0, 0.1) is 17.8 Å². The fraction of sp³-hybridized carbons (Fsp3) is 0.882. The van der Waals surface area contributed by atoms with Crippen molar-refractivity contribution in [3.63, 3.8) is 0 Å². The van der Waals surface area contributed by atoms with Crippen molar-refractivity contribution in [2.24, 2.45) is 17.8 Å². The third-order valence-corrected chi connectivity index (χ3v) is 5.67. The maximum Gasteiger partial charge on any atom is 0.0647 e. The van der Waals surface area contributed by atoms with Crippen LogP contribution in [-0.4, -0.2) is 10.7 Å². The maximum atomic E-state index is 10.5. The van der Waals surface area contributed by atoms with E-state index in [9.17, 15) is 5.11 Å². The van der Waals surface area contributed by atoms with E-state index in [1.165, 1.54) is 51.4 Å². The van der Waals surface area contributed by atoms with Gasteiger partial charge in [0, 0.05) is 0 Å². The van der Waals surface area contributed by atoms with E-state index in [1.807, 2.05) is 0 Å². The molecular formula is C17H28O. The molecule has 0 aliphatic heterocycles. The summed E-state index contributed by atoms with van der Waals surface area (Å²) in [4.78, 5) is 0. The highest BCUT2D eigenvalue weighted by Gasteiger charge is 2.35. The zero-order valence-corrected chi connectivity index (χ0v) is 11.6. The van der Waals surface area contributed by atoms with Gasteiger partial charge in [0.05, 0.1) is 5.60 Å². The van der Waals surface area contributed by atoms with Crippen molar-refractivity contribution in [1.82, 2.24) is 0 Å². The second-order valence-electron chi connectivity index (χ2n) is 7.07. The van der Waals surface area contributed by atoms with Crippen LogP contribution in [0.25, 0.3) is 0 Å². The summed E-state index contributed by atoms with van der Waals surface area (Å²) < 4.78 is 0. The summed E-state index contributed by atoms with van der Waals surface area (Å²) in [5.41, 5.74) is -0.285. The van der Waals surface area contributed by atoms with Gasteiger partial charge in [-0.1, -0.05) is 44.3 Å². The van der Waals surface area contributed by atoms with Gasteiger partial charge in [-0.05, 0) is 56.3 Å².